The first kappa shape index (κ1) is 21.1. The largest absolute Gasteiger partial charge is 0.509 e. The van der Waals surface area contributed by atoms with Crippen LogP contribution in [0.25, 0.3) is 0 Å². The van der Waals surface area contributed by atoms with Crippen LogP contribution in [0, 0.1) is 17.8 Å². The van der Waals surface area contributed by atoms with Gasteiger partial charge in [0.1, 0.15) is 11.9 Å². The van der Waals surface area contributed by atoms with Gasteiger partial charge in [-0.3, -0.25) is 4.79 Å². The van der Waals surface area contributed by atoms with Crippen LogP contribution in [0.4, 0.5) is 0 Å². The molecule has 2 aliphatic rings. The molecule has 0 aliphatic heterocycles. The summed E-state index contributed by atoms with van der Waals surface area (Å²) in [6.07, 6.45) is 5.34. The zero-order chi connectivity index (χ0) is 19.5. The molecule has 2 rings (SSSR count). The van der Waals surface area contributed by atoms with E-state index >= 15 is 0 Å². The topological polar surface area (TPSA) is 98.0 Å². The summed E-state index contributed by atoms with van der Waals surface area (Å²) in [5.41, 5.74) is 0.473. The number of aliphatic hydroxyl groups excluding tert-OH is 3. The van der Waals surface area contributed by atoms with Gasteiger partial charge in [0.05, 0.1) is 5.60 Å². The molecule has 5 heteroatoms. The van der Waals surface area contributed by atoms with E-state index in [4.69, 9.17) is 5.11 Å². The normalized spacial score (nSPS) is 31.9. The maximum atomic E-state index is 12.3. The number of allylic oxidation sites excluding steroid dienone is 1. The van der Waals surface area contributed by atoms with Crippen LogP contribution in [-0.2, 0) is 4.79 Å². The summed E-state index contributed by atoms with van der Waals surface area (Å²) in [7, 11) is 0. The summed E-state index contributed by atoms with van der Waals surface area (Å²) in [4.78, 5) is 12.3. The number of aliphatic hydroxyl groups is 4. The molecule has 5 atom stereocenters. The molecule has 148 valence electrons. The van der Waals surface area contributed by atoms with Gasteiger partial charge in [0, 0.05) is 24.5 Å². The number of hydrogen-bond acceptors (Lipinski definition) is 5. The molecule has 0 unspecified atom stereocenters. The molecular formula is C21H34O5. The Morgan fingerprint density at radius 3 is 2.65 bits per heavy atom. The fourth-order valence-electron chi connectivity index (χ4n) is 4.20. The molecule has 4 N–H and O–H groups in total. The maximum Gasteiger partial charge on any atom is 0.162 e. The third kappa shape index (κ3) is 4.76. The Balaban J connectivity index is 2.10. The van der Waals surface area contributed by atoms with Crippen molar-refractivity contribution in [2.45, 2.75) is 77.4 Å². The molecule has 0 aromatic heterocycles. The molecule has 0 heterocycles. The van der Waals surface area contributed by atoms with Crippen molar-refractivity contribution in [3.63, 3.8) is 0 Å². The predicted molar refractivity (Wildman–Crippen MR) is 101 cm³/mol. The van der Waals surface area contributed by atoms with E-state index < -0.39 is 11.7 Å². The molecule has 26 heavy (non-hydrogen) atoms. The second-order valence-electron chi connectivity index (χ2n) is 8.48. The monoisotopic (exact) mass is 366 g/mol. The van der Waals surface area contributed by atoms with Crippen molar-refractivity contribution in [3.05, 3.63) is 23.0 Å². The first-order valence-corrected chi connectivity index (χ1v) is 9.83. The smallest absolute Gasteiger partial charge is 0.162 e. The first-order chi connectivity index (χ1) is 12.2. The molecule has 0 amide bonds. The van der Waals surface area contributed by atoms with Gasteiger partial charge in [0.25, 0.3) is 0 Å². The van der Waals surface area contributed by atoms with Gasteiger partial charge >= 0.3 is 0 Å². The van der Waals surface area contributed by atoms with Crippen LogP contribution >= 0.6 is 0 Å². The number of hydrogen-bond donors (Lipinski definition) is 4. The Morgan fingerprint density at radius 2 is 2.00 bits per heavy atom. The van der Waals surface area contributed by atoms with Crippen LogP contribution < -0.4 is 0 Å². The summed E-state index contributed by atoms with van der Waals surface area (Å²) in [6.45, 7) is 6.15. The van der Waals surface area contributed by atoms with Crippen LogP contribution in [0.15, 0.2) is 23.0 Å². The van der Waals surface area contributed by atoms with Crippen molar-refractivity contribution in [1.29, 1.82) is 0 Å². The van der Waals surface area contributed by atoms with Gasteiger partial charge in [-0.05, 0) is 50.9 Å². The fourth-order valence-corrected chi connectivity index (χ4v) is 4.20. The Bertz CT molecular complexity index is 575. The average Bonchev–Trinajstić information content (AvgIpc) is 2.89. The minimum atomic E-state index is -0.973. The van der Waals surface area contributed by atoms with E-state index in [1.165, 1.54) is 0 Å². The van der Waals surface area contributed by atoms with Gasteiger partial charge in [0.2, 0.25) is 0 Å². The number of carbonyl (C=O) groups excluding carboxylic acids is 1. The first-order valence-electron chi connectivity index (χ1n) is 9.83. The number of ketones is 1. The lowest BCUT2D eigenvalue weighted by atomic mass is 9.76. The predicted octanol–water partition coefficient (Wildman–Crippen LogP) is 3.04. The van der Waals surface area contributed by atoms with Gasteiger partial charge < -0.3 is 20.4 Å². The standard InChI is InChI=1S/C21H34O5/c1-13(12-22)5-4-6-14(2)15-9-10-21(3,26)17(15)11-16-18(23)7-8-19(24)20(16)25/h9,13-14,17,19,22,24-26H,4-8,10-12H2,1-3H3/t13-,14+,17+,19+,21-/m0/s1. The van der Waals surface area contributed by atoms with Crippen molar-refractivity contribution >= 4 is 5.78 Å². The van der Waals surface area contributed by atoms with Crippen LogP contribution in [0.5, 0.6) is 0 Å². The Hall–Kier alpha value is -1.17. The van der Waals surface area contributed by atoms with E-state index in [2.05, 4.69) is 13.0 Å². The average molecular weight is 366 g/mol. The molecule has 0 radical (unpaired) electrons. The summed E-state index contributed by atoms with van der Waals surface area (Å²) in [5.74, 6) is -0.000461. The van der Waals surface area contributed by atoms with Crippen molar-refractivity contribution in [2.75, 3.05) is 6.61 Å². The zero-order valence-electron chi connectivity index (χ0n) is 16.2. The van der Waals surface area contributed by atoms with Crippen LogP contribution in [0.1, 0.15) is 65.7 Å². The SMILES string of the molecule is C[C@H](CO)CCC[C@@H](C)C1=CC[C@](C)(O)[C@@H]1CC1=C(O)[C@H](O)CCC1=O. The summed E-state index contributed by atoms with van der Waals surface area (Å²) in [6, 6.07) is 0. The van der Waals surface area contributed by atoms with Crippen molar-refractivity contribution in [3.8, 4) is 0 Å². The lowest BCUT2D eigenvalue weighted by Crippen LogP contribution is -2.35. The van der Waals surface area contributed by atoms with E-state index in [-0.39, 0.29) is 54.8 Å². The van der Waals surface area contributed by atoms with Gasteiger partial charge in [0.15, 0.2) is 5.78 Å². The summed E-state index contributed by atoms with van der Waals surface area (Å²) >= 11 is 0. The Labute approximate surface area is 156 Å². The van der Waals surface area contributed by atoms with E-state index in [0.29, 0.717) is 12.3 Å². The molecule has 2 aliphatic carbocycles. The maximum absolute atomic E-state index is 12.3. The molecule has 0 bridgehead atoms. The van der Waals surface area contributed by atoms with Crippen molar-refractivity contribution in [1.82, 2.24) is 0 Å². The second-order valence-corrected chi connectivity index (χ2v) is 8.48. The van der Waals surface area contributed by atoms with Crippen molar-refractivity contribution in [2.24, 2.45) is 17.8 Å². The van der Waals surface area contributed by atoms with Gasteiger partial charge in [-0.25, -0.2) is 0 Å². The summed E-state index contributed by atoms with van der Waals surface area (Å²) < 4.78 is 0. The minimum Gasteiger partial charge on any atom is -0.509 e. The zero-order valence-corrected chi connectivity index (χ0v) is 16.2. The molecule has 0 saturated carbocycles. The Morgan fingerprint density at radius 1 is 1.31 bits per heavy atom. The third-order valence-corrected chi connectivity index (χ3v) is 6.13. The number of Topliss-reactive ketones (excluding diaryl/α,β-unsaturated/α-hetero) is 1. The van der Waals surface area contributed by atoms with E-state index in [9.17, 15) is 20.1 Å². The molecule has 0 aromatic carbocycles. The molecular weight excluding hydrogens is 332 g/mol. The van der Waals surface area contributed by atoms with Gasteiger partial charge in [-0.2, -0.15) is 0 Å². The number of rotatable bonds is 8. The minimum absolute atomic E-state index is 0.126. The number of carbonyl (C=O) groups is 1. The lowest BCUT2D eigenvalue weighted by molar-refractivity contribution is -0.117. The second kappa shape index (κ2) is 8.68. The highest BCUT2D eigenvalue weighted by Gasteiger charge is 2.42. The molecule has 0 fully saturated rings. The van der Waals surface area contributed by atoms with Crippen LogP contribution in [0.2, 0.25) is 0 Å². The van der Waals surface area contributed by atoms with Gasteiger partial charge in [-0.1, -0.05) is 31.9 Å². The fraction of sp³-hybridized carbons (Fsp3) is 0.762. The van der Waals surface area contributed by atoms with E-state index in [0.717, 1.165) is 24.8 Å². The van der Waals surface area contributed by atoms with Crippen LogP contribution in [0.3, 0.4) is 0 Å². The quantitative estimate of drug-likeness (QED) is 0.495. The highest BCUT2D eigenvalue weighted by Crippen LogP contribution is 2.45. The highest BCUT2D eigenvalue weighted by atomic mass is 16.3. The van der Waals surface area contributed by atoms with Gasteiger partial charge in [-0.15, -0.1) is 0 Å². The molecule has 0 aromatic rings. The van der Waals surface area contributed by atoms with Crippen LogP contribution in [-0.4, -0.2) is 44.5 Å². The Kier molecular flexibility index (Phi) is 7.05. The van der Waals surface area contributed by atoms with E-state index in [1.807, 2.05) is 6.92 Å². The molecule has 5 nitrogen and oxygen atoms in total. The van der Waals surface area contributed by atoms with Crippen molar-refractivity contribution < 1.29 is 25.2 Å². The summed E-state index contributed by atoms with van der Waals surface area (Å²) in [5, 5.41) is 40.0. The highest BCUT2D eigenvalue weighted by molar-refractivity contribution is 5.96. The van der Waals surface area contributed by atoms with E-state index in [1.54, 1.807) is 6.92 Å². The molecule has 0 spiro atoms. The lowest BCUT2D eigenvalue weighted by Gasteiger charge is -2.32. The third-order valence-electron chi connectivity index (χ3n) is 6.13. The molecule has 0 saturated heterocycles.